The van der Waals surface area contributed by atoms with Crippen LogP contribution in [0.4, 0.5) is 5.69 Å². The Morgan fingerprint density at radius 1 is 1.28 bits per heavy atom. The Kier molecular flexibility index (Phi) is 4.42. The van der Waals surface area contributed by atoms with Gasteiger partial charge in [0.15, 0.2) is 0 Å². The quantitative estimate of drug-likeness (QED) is 0.836. The lowest BCUT2D eigenvalue weighted by Crippen LogP contribution is -2.29. The first-order valence-electron chi connectivity index (χ1n) is 7.95. The predicted octanol–water partition coefficient (Wildman–Crippen LogP) is 1.48. The normalized spacial score (nSPS) is 16.4. The van der Waals surface area contributed by atoms with Crippen LogP contribution in [0.2, 0.25) is 0 Å². The topological polar surface area (TPSA) is 105 Å². The monoisotopic (exact) mass is 364 g/mol. The number of phenolic OH excluding ortho intramolecular Hbond substituents is 1. The molecule has 0 aliphatic carbocycles. The largest absolute Gasteiger partial charge is 0.508 e. The van der Waals surface area contributed by atoms with E-state index in [-0.39, 0.29) is 18.0 Å². The average molecular weight is 364 g/mol. The molecule has 0 unspecified atom stereocenters. The van der Waals surface area contributed by atoms with E-state index in [0.717, 1.165) is 22.8 Å². The van der Waals surface area contributed by atoms with Gasteiger partial charge in [-0.05, 0) is 30.0 Å². The van der Waals surface area contributed by atoms with Crippen molar-refractivity contribution in [3.05, 3.63) is 30.6 Å². The molecule has 9 heteroatoms. The lowest BCUT2D eigenvalue weighted by Gasteiger charge is -2.16. The number of hydrogen-bond donors (Lipinski definition) is 2. The van der Waals surface area contributed by atoms with Crippen molar-refractivity contribution >= 4 is 21.8 Å². The van der Waals surface area contributed by atoms with E-state index >= 15 is 0 Å². The van der Waals surface area contributed by atoms with Crippen LogP contribution in [0.3, 0.4) is 0 Å². The number of carbonyl (C=O) groups excluding carboxylic acids is 1. The SMILES string of the molecule is CC(C)CCn1cc(-c2cc(O)cc(N3CC(=O)NS3(=O)=O)c2)cn1. The summed E-state index contributed by atoms with van der Waals surface area (Å²) in [6, 6.07) is 4.46. The van der Waals surface area contributed by atoms with E-state index in [4.69, 9.17) is 0 Å². The molecule has 0 saturated carbocycles. The van der Waals surface area contributed by atoms with E-state index in [1.165, 1.54) is 12.1 Å². The van der Waals surface area contributed by atoms with Crippen molar-refractivity contribution in [2.75, 3.05) is 10.8 Å². The zero-order valence-electron chi connectivity index (χ0n) is 14.0. The van der Waals surface area contributed by atoms with Gasteiger partial charge in [0.2, 0.25) is 0 Å². The molecule has 8 nitrogen and oxygen atoms in total. The van der Waals surface area contributed by atoms with Crippen LogP contribution in [0.15, 0.2) is 30.6 Å². The van der Waals surface area contributed by atoms with Gasteiger partial charge in [0.05, 0.1) is 11.9 Å². The maximum absolute atomic E-state index is 12.0. The first-order chi connectivity index (χ1) is 11.7. The van der Waals surface area contributed by atoms with E-state index in [9.17, 15) is 18.3 Å². The van der Waals surface area contributed by atoms with Gasteiger partial charge in [0, 0.05) is 24.4 Å². The van der Waals surface area contributed by atoms with Crippen molar-refractivity contribution in [1.82, 2.24) is 14.5 Å². The minimum absolute atomic E-state index is 0.0861. The third kappa shape index (κ3) is 3.76. The van der Waals surface area contributed by atoms with E-state index in [1.807, 2.05) is 15.6 Å². The molecule has 1 aliphatic rings. The highest BCUT2D eigenvalue weighted by Gasteiger charge is 2.34. The molecule has 1 saturated heterocycles. The van der Waals surface area contributed by atoms with Gasteiger partial charge in [-0.15, -0.1) is 0 Å². The van der Waals surface area contributed by atoms with Crippen LogP contribution in [0, 0.1) is 5.92 Å². The third-order valence-corrected chi connectivity index (χ3v) is 5.32. The van der Waals surface area contributed by atoms with E-state index in [2.05, 4.69) is 18.9 Å². The minimum Gasteiger partial charge on any atom is -0.508 e. The van der Waals surface area contributed by atoms with Crippen LogP contribution in [-0.2, 0) is 21.5 Å². The van der Waals surface area contributed by atoms with Crippen LogP contribution < -0.4 is 9.03 Å². The highest BCUT2D eigenvalue weighted by molar-refractivity contribution is 7.92. The summed E-state index contributed by atoms with van der Waals surface area (Å²) < 4.78 is 28.6. The summed E-state index contributed by atoms with van der Waals surface area (Å²) in [5.41, 5.74) is 1.61. The molecule has 2 N–H and O–H groups in total. The van der Waals surface area contributed by atoms with E-state index in [0.29, 0.717) is 11.5 Å². The highest BCUT2D eigenvalue weighted by Crippen LogP contribution is 2.31. The molecule has 1 aromatic carbocycles. The van der Waals surface area contributed by atoms with Gasteiger partial charge in [-0.25, -0.2) is 9.03 Å². The van der Waals surface area contributed by atoms with Crippen LogP contribution in [-0.4, -0.2) is 35.8 Å². The van der Waals surface area contributed by atoms with Crippen LogP contribution in [0.25, 0.3) is 11.1 Å². The summed E-state index contributed by atoms with van der Waals surface area (Å²) in [6.07, 6.45) is 4.51. The van der Waals surface area contributed by atoms with Crippen LogP contribution in [0.1, 0.15) is 20.3 Å². The Morgan fingerprint density at radius 3 is 2.68 bits per heavy atom. The maximum atomic E-state index is 12.0. The molecule has 0 spiro atoms. The Morgan fingerprint density at radius 2 is 2.04 bits per heavy atom. The number of aromatic hydroxyl groups is 1. The average Bonchev–Trinajstić information content (AvgIpc) is 3.08. The molecule has 3 rings (SSSR count). The second kappa shape index (κ2) is 6.40. The molecule has 0 bridgehead atoms. The fraction of sp³-hybridized carbons (Fsp3) is 0.375. The summed E-state index contributed by atoms with van der Waals surface area (Å²) in [5.74, 6) is -0.131. The molecule has 0 atom stereocenters. The first-order valence-corrected chi connectivity index (χ1v) is 9.39. The molecular formula is C16H20N4O4S. The second-order valence-corrected chi connectivity index (χ2v) is 8.04. The van der Waals surface area contributed by atoms with Gasteiger partial charge < -0.3 is 5.11 Å². The van der Waals surface area contributed by atoms with Crippen molar-refractivity contribution in [3.8, 4) is 16.9 Å². The van der Waals surface area contributed by atoms with Crippen molar-refractivity contribution in [3.63, 3.8) is 0 Å². The van der Waals surface area contributed by atoms with Gasteiger partial charge >= 0.3 is 10.2 Å². The molecule has 1 amide bonds. The molecular weight excluding hydrogens is 344 g/mol. The number of aryl methyl sites for hydroxylation is 1. The van der Waals surface area contributed by atoms with Gasteiger partial charge in [0.1, 0.15) is 12.3 Å². The molecule has 1 aliphatic heterocycles. The second-order valence-electron chi connectivity index (χ2n) is 6.45. The lowest BCUT2D eigenvalue weighted by molar-refractivity contribution is -0.117. The number of aromatic nitrogens is 2. The van der Waals surface area contributed by atoms with Gasteiger partial charge in [-0.2, -0.15) is 13.5 Å². The number of rotatable bonds is 5. The number of nitrogens with one attached hydrogen (secondary N) is 1. The summed E-state index contributed by atoms with van der Waals surface area (Å²) in [6.45, 7) is 4.75. The molecule has 0 radical (unpaired) electrons. The zero-order chi connectivity index (χ0) is 18.2. The molecule has 1 fully saturated rings. The molecule has 2 aromatic rings. The summed E-state index contributed by atoms with van der Waals surface area (Å²) in [7, 11) is -3.92. The van der Waals surface area contributed by atoms with Gasteiger partial charge in [-0.1, -0.05) is 13.8 Å². The van der Waals surface area contributed by atoms with E-state index < -0.39 is 16.1 Å². The van der Waals surface area contributed by atoms with Gasteiger partial charge in [0.25, 0.3) is 5.91 Å². The Bertz CT molecular complexity index is 905. The van der Waals surface area contributed by atoms with Crippen molar-refractivity contribution in [2.24, 2.45) is 5.92 Å². The lowest BCUT2D eigenvalue weighted by atomic mass is 10.1. The van der Waals surface area contributed by atoms with Crippen molar-refractivity contribution in [2.45, 2.75) is 26.8 Å². The third-order valence-electron chi connectivity index (χ3n) is 3.91. The van der Waals surface area contributed by atoms with E-state index in [1.54, 1.807) is 12.3 Å². The Hall–Kier alpha value is -2.55. The molecule has 25 heavy (non-hydrogen) atoms. The number of amides is 1. The summed E-state index contributed by atoms with van der Waals surface area (Å²) in [5, 5.41) is 14.3. The standard InChI is InChI=1S/C16H20N4O4S/c1-11(2)3-4-19-9-13(8-17-19)12-5-14(7-15(21)6-12)20-10-16(22)18-25(20,23)24/h5-9,11,21H,3-4,10H2,1-2H3,(H,18,22). The molecule has 1 aromatic heterocycles. The van der Waals surface area contributed by atoms with Crippen LogP contribution in [0.5, 0.6) is 5.75 Å². The Balaban J connectivity index is 1.91. The number of phenols is 1. The smallest absolute Gasteiger partial charge is 0.326 e. The van der Waals surface area contributed by atoms with Crippen LogP contribution >= 0.6 is 0 Å². The minimum atomic E-state index is -3.92. The highest BCUT2D eigenvalue weighted by atomic mass is 32.2. The summed E-state index contributed by atoms with van der Waals surface area (Å²) in [4.78, 5) is 11.4. The zero-order valence-corrected chi connectivity index (χ0v) is 14.8. The predicted molar refractivity (Wildman–Crippen MR) is 93.2 cm³/mol. The molecule has 2 heterocycles. The van der Waals surface area contributed by atoms with Gasteiger partial charge in [-0.3, -0.25) is 9.48 Å². The number of benzene rings is 1. The fourth-order valence-corrected chi connectivity index (χ4v) is 3.74. The first kappa shape index (κ1) is 17.3. The summed E-state index contributed by atoms with van der Waals surface area (Å²) >= 11 is 0. The van der Waals surface area contributed by atoms with Crippen molar-refractivity contribution in [1.29, 1.82) is 0 Å². The maximum Gasteiger partial charge on any atom is 0.326 e. The Labute approximate surface area is 146 Å². The number of anilines is 1. The van der Waals surface area contributed by atoms with Crippen molar-refractivity contribution < 1.29 is 18.3 Å². The number of hydrogen-bond acceptors (Lipinski definition) is 5. The fourth-order valence-electron chi connectivity index (χ4n) is 2.61. The number of nitrogens with zero attached hydrogens (tertiary/aromatic N) is 3. The number of carbonyl (C=O) groups is 1. The molecule has 134 valence electrons.